The molecule has 0 saturated carbocycles. The zero-order valence-electron chi connectivity index (χ0n) is 11.8. The first kappa shape index (κ1) is 15.2. The molecule has 0 aliphatic carbocycles. The number of hydrogen-bond donors (Lipinski definition) is 1. The molecule has 2 N–H and O–H groups in total. The van der Waals surface area contributed by atoms with E-state index in [0.717, 1.165) is 22.8 Å². The Morgan fingerprint density at radius 1 is 1.22 bits per heavy atom. The normalized spacial score (nSPS) is 13.2. The lowest BCUT2D eigenvalue weighted by atomic mass is 10.1. The molecule has 102 valence electrons. The lowest BCUT2D eigenvalue weighted by Crippen LogP contribution is -2.18. The average Bonchev–Trinajstić information content (AvgIpc) is 2.34. The summed E-state index contributed by atoms with van der Waals surface area (Å²) in [5, 5.41) is 0. The molecule has 1 aromatic carbocycles. The van der Waals surface area contributed by atoms with Gasteiger partial charge in [0.15, 0.2) is 0 Å². The molecule has 0 spiro atoms. The maximum absolute atomic E-state index is 6.25. The summed E-state index contributed by atoms with van der Waals surface area (Å²) in [4.78, 5) is 0. The standard InChI is InChI=1S/C14H23NO2S/c1-14(2,3)18-9-12(15)11-8-10(16-4)6-7-13(11)17-5/h6-8,12H,9,15H2,1-5H3. The Balaban J connectivity index is 2.85. The summed E-state index contributed by atoms with van der Waals surface area (Å²) in [6, 6.07) is 5.67. The third-order valence-corrected chi connectivity index (χ3v) is 3.92. The van der Waals surface area contributed by atoms with Crippen LogP contribution in [-0.4, -0.2) is 24.7 Å². The minimum absolute atomic E-state index is 0.0562. The van der Waals surface area contributed by atoms with E-state index in [4.69, 9.17) is 15.2 Å². The van der Waals surface area contributed by atoms with Gasteiger partial charge in [-0.15, -0.1) is 0 Å². The van der Waals surface area contributed by atoms with Crippen molar-refractivity contribution >= 4 is 11.8 Å². The van der Waals surface area contributed by atoms with Crippen molar-refractivity contribution in [2.24, 2.45) is 5.73 Å². The molecule has 1 atom stereocenters. The van der Waals surface area contributed by atoms with Crippen molar-refractivity contribution < 1.29 is 9.47 Å². The van der Waals surface area contributed by atoms with E-state index < -0.39 is 0 Å². The van der Waals surface area contributed by atoms with Gasteiger partial charge in [-0.2, -0.15) is 11.8 Å². The van der Waals surface area contributed by atoms with Crippen molar-refractivity contribution in [3.8, 4) is 11.5 Å². The van der Waals surface area contributed by atoms with Crippen LogP contribution in [0.1, 0.15) is 32.4 Å². The molecular weight excluding hydrogens is 246 g/mol. The Kier molecular flexibility index (Phi) is 5.35. The van der Waals surface area contributed by atoms with E-state index in [0.29, 0.717) is 0 Å². The van der Waals surface area contributed by atoms with E-state index >= 15 is 0 Å². The summed E-state index contributed by atoms with van der Waals surface area (Å²) < 4.78 is 10.8. The first-order chi connectivity index (χ1) is 8.37. The lowest BCUT2D eigenvalue weighted by molar-refractivity contribution is 0.396. The number of benzene rings is 1. The van der Waals surface area contributed by atoms with Crippen molar-refractivity contribution in [1.29, 1.82) is 0 Å². The Labute approximate surface area is 114 Å². The van der Waals surface area contributed by atoms with Crippen molar-refractivity contribution in [3.05, 3.63) is 23.8 Å². The Morgan fingerprint density at radius 2 is 1.89 bits per heavy atom. The van der Waals surface area contributed by atoms with E-state index in [1.807, 2.05) is 30.0 Å². The highest BCUT2D eigenvalue weighted by atomic mass is 32.2. The molecule has 0 saturated heterocycles. The van der Waals surface area contributed by atoms with Crippen LogP contribution in [0.3, 0.4) is 0 Å². The second-order valence-corrected chi connectivity index (χ2v) is 6.98. The molecule has 0 amide bonds. The first-order valence-corrected chi connectivity index (χ1v) is 6.97. The summed E-state index contributed by atoms with van der Waals surface area (Å²) >= 11 is 1.85. The van der Waals surface area contributed by atoms with E-state index in [1.54, 1.807) is 14.2 Å². The average molecular weight is 269 g/mol. The van der Waals surface area contributed by atoms with Gasteiger partial charge >= 0.3 is 0 Å². The van der Waals surface area contributed by atoms with E-state index in [2.05, 4.69) is 20.8 Å². The van der Waals surface area contributed by atoms with Gasteiger partial charge in [0, 0.05) is 22.1 Å². The zero-order valence-corrected chi connectivity index (χ0v) is 12.6. The zero-order chi connectivity index (χ0) is 13.8. The topological polar surface area (TPSA) is 44.5 Å². The van der Waals surface area contributed by atoms with Crippen LogP contribution < -0.4 is 15.2 Å². The molecule has 0 radical (unpaired) electrons. The lowest BCUT2D eigenvalue weighted by Gasteiger charge is -2.22. The van der Waals surface area contributed by atoms with Gasteiger partial charge in [0.25, 0.3) is 0 Å². The fourth-order valence-corrected chi connectivity index (χ4v) is 2.42. The van der Waals surface area contributed by atoms with Crippen LogP contribution >= 0.6 is 11.8 Å². The monoisotopic (exact) mass is 269 g/mol. The van der Waals surface area contributed by atoms with Gasteiger partial charge in [0.05, 0.1) is 14.2 Å². The van der Waals surface area contributed by atoms with Crippen LogP contribution in [-0.2, 0) is 0 Å². The molecule has 4 heteroatoms. The van der Waals surface area contributed by atoms with Gasteiger partial charge in [-0.05, 0) is 18.2 Å². The molecule has 0 bridgehead atoms. The fraction of sp³-hybridized carbons (Fsp3) is 0.571. The van der Waals surface area contributed by atoms with Gasteiger partial charge < -0.3 is 15.2 Å². The predicted octanol–water partition coefficient (Wildman–Crippen LogP) is 3.24. The van der Waals surface area contributed by atoms with Crippen molar-refractivity contribution in [2.45, 2.75) is 31.6 Å². The molecule has 3 nitrogen and oxygen atoms in total. The van der Waals surface area contributed by atoms with Crippen LogP contribution in [0, 0.1) is 0 Å². The van der Waals surface area contributed by atoms with Gasteiger partial charge in [0.1, 0.15) is 11.5 Å². The van der Waals surface area contributed by atoms with Gasteiger partial charge in [0.2, 0.25) is 0 Å². The SMILES string of the molecule is COc1ccc(OC)c(C(N)CSC(C)(C)C)c1. The highest BCUT2D eigenvalue weighted by Gasteiger charge is 2.17. The van der Waals surface area contributed by atoms with Crippen molar-refractivity contribution in [1.82, 2.24) is 0 Å². The molecule has 1 rings (SSSR count). The van der Waals surface area contributed by atoms with Gasteiger partial charge in [-0.3, -0.25) is 0 Å². The second-order valence-electron chi connectivity index (χ2n) is 5.14. The number of ether oxygens (including phenoxy) is 2. The summed E-state index contributed by atoms with van der Waals surface area (Å²) in [7, 11) is 3.32. The third kappa shape index (κ3) is 4.42. The minimum Gasteiger partial charge on any atom is -0.497 e. The Hall–Kier alpha value is -0.870. The van der Waals surface area contributed by atoms with Crippen LogP contribution in [0.4, 0.5) is 0 Å². The van der Waals surface area contributed by atoms with E-state index in [-0.39, 0.29) is 10.8 Å². The van der Waals surface area contributed by atoms with Crippen molar-refractivity contribution in [2.75, 3.05) is 20.0 Å². The number of methoxy groups -OCH3 is 2. The number of nitrogens with two attached hydrogens (primary N) is 1. The van der Waals surface area contributed by atoms with E-state index in [9.17, 15) is 0 Å². The first-order valence-electron chi connectivity index (χ1n) is 5.99. The molecule has 0 heterocycles. The molecule has 1 unspecified atom stereocenters. The maximum atomic E-state index is 6.25. The summed E-state index contributed by atoms with van der Waals surface area (Å²) in [6.07, 6.45) is 0. The largest absolute Gasteiger partial charge is 0.497 e. The van der Waals surface area contributed by atoms with Gasteiger partial charge in [-0.25, -0.2) is 0 Å². The maximum Gasteiger partial charge on any atom is 0.123 e. The number of hydrogen-bond acceptors (Lipinski definition) is 4. The highest BCUT2D eigenvalue weighted by molar-refractivity contribution is 8.00. The number of rotatable bonds is 5. The molecule has 0 aliphatic heterocycles. The molecule has 18 heavy (non-hydrogen) atoms. The molecule has 0 aliphatic rings. The van der Waals surface area contributed by atoms with Crippen molar-refractivity contribution in [3.63, 3.8) is 0 Å². The van der Waals surface area contributed by atoms with Crippen LogP contribution in [0.25, 0.3) is 0 Å². The van der Waals surface area contributed by atoms with Crippen LogP contribution in [0.15, 0.2) is 18.2 Å². The van der Waals surface area contributed by atoms with E-state index in [1.165, 1.54) is 0 Å². The predicted molar refractivity (Wildman–Crippen MR) is 78.7 cm³/mol. The summed E-state index contributed by atoms with van der Waals surface area (Å²) in [5.74, 6) is 2.48. The van der Waals surface area contributed by atoms with Crippen LogP contribution in [0.5, 0.6) is 11.5 Å². The quantitative estimate of drug-likeness (QED) is 0.891. The van der Waals surface area contributed by atoms with Crippen LogP contribution in [0.2, 0.25) is 0 Å². The highest BCUT2D eigenvalue weighted by Crippen LogP contribution is 2.33. The summed E-state index contributed by atoms with van der Waals surface area (Å²) in [5.41, 5.74) is 7.24. The molecular formula is C14H23NO2S. The van der Waals surface area contributed by atoms with Gasteiger partial charge in [-0.1, -0.05) is 20.8 Å². The Bertz CT molecular complexity index is 388. The minimum atomic E-state index is -0.0562. The Morgan fingerprint density at radius 3 is 2.39 bits per heavy atom. The molecule has 0 aromatic heterocycles. The summed E-state index contributed by atoms with van der Waals surface area (Å²) in [6.45, 7) is 6.56. The third-order valence-electron chi connectivity index (χ3n) is 2.53. The second kappa shape index (κ2) is 6.34. The smallest absolute Gasteiger partial charge is 0.123 e. The molecule has 0 fully saturated rings. The number of thioether (sulfide) groups is 1. The fourth-order valence-electron chi connectivity index (χ4n) is 1.56. The molecule has 1 aromatic rings.